The van der Waals surface area contributed by atoms with Gasteiger partial charge in [-0.25, -0.2) is 0 Å². The van der Waals surface area contributed by atoms with Gasteiger partial charge in [0, 0.05) is 24.2 Å². The highest BCUT2D eigenvalue weighted by molar-refractivity contribution is 5.76. The number of hydrogen-bond acceptors (Lipinski definition) is 3. The normalized spacial score (nSPS) is 24.3. The van der Waals surface area contributed by atoms with Crippen LogP contribution in [0, 0.1) is 0 Å². The van der Waals surface area contributed by atoms with E-state index < -0.39 is 5.60 Å². The molecule has 1 aromatic heterocycles. The Morgan fingerprint density at radius 2 is 2.04 bits per heavy atom. The van der Waals surface area contributed by atoms with Crippen LogP contribution in [0.4, 0.5) is 0 Å². The first kappa shape index (κ1) is 15.7. The molecule has 1 aromatic carbocycles. The number of H-pyrrole nitrogens is 1. The molecule has 3 N–H and O–H groups in total. The van der Waals surface area contributed by atoms with Gasteiger partial charge in [-0.1, -0.05) is 30.3 Å². The Morgan fingerprint density at radius 1 is 1.30 bits per heavy atom. The Labute approximate surface area is 136 Å². The van der Waals surface area contributed by atoms with Crippen molar-refractivity contribution in [3.05, 3.63) is 53.9 Å². The maximum atomic E-state index is 12.1. The minimum atomic E-state index is -0.807. The minimum Gasteiger partial charge on any atom is -0.385 e. The molecule has 0 unspecified atom stereocenters. The number of hydrogen-bond donors (Lipinski definition) is 3. The summed E-state index contributed by atoms with van der Waals surface area (Å²) in [7, 11) is 0. The van der Waals surface area contributed by atoms with Gasteiger partial charge in [0.25, 0.3) is 0 Å². The quantitative estimate of drug-likeness (QED) is 0.792. The second-order valence-electron chi connectivity index (χ2n) is 6.35. The second-order valence-corrected chi connectivity index (χ2v) is 6.35. The summed E-state index contributed by atoms with van der Waals surface area (Å²) < 4.78 is 0. The molecule has 1 heterocycles. The highest BCUT2D eigenvalue weighted by Crippen LogP contribution is 2.36. The van der Waals surface area contributed by atoms with Gasteiger partial charge in [0.15, 0.2) is 0 Å². The van der Waals surface area contributed by atoms with Crippen molar-refractivity contribution in [3.8, 4) is 0 Å². The number of aliphatic hydroxyl groups is 1. The SMILES string of the molecule is O=C(CCc1ccccc1)NC1CCC(O)(c2cn[nH]c2)CC1. The molecule has 0 atom stereocenters. The molecule has 0 bridgehead atoms. The number of amides is 1. The molecule has 0 spiro atoms. The summed E-state index contributed by atoms with van der Waals surface area (Å²) in [5.74, 6) is 0.0904. The van der Waals surface area contributed by atoms with E-state index in [0.717, 1.165) is 24.8 Å². The monoisotopic (exact) mass is 313 g/mol. The van der Waals surface area contributed by atoms with Crippen LogP contribution in [0.15, 0.2) is 42.7 Å². The average molecular weight is 313 g/mol. The van der Waals surface area contributed by atoms with Gasteiger partial charge in [-0.2, -0.15) is 5.10 Å². The van der Waals surface area contributed by atoms with Crippen LogP contribution in [0.2, 0.25) is 0 Å². The average Bonchev–Trinajstić information content (AvgIpc) is 3.12. The summed E-state index contributed by atoms with van der Waals surface area (Å²) in [6.45, 7) is 0. The fourth-order valence-corrected chi connectivity index (χ4v) is 3.24. The van der Waals surface area contributed by atoms with E-state index in [9.17, 15) is 9.90 Å². The number of carbonyl (C=O) groups is 1. The standard InChI is InChI=1S/C18H23N3O2/c22-17(7-6-14-4-2-1-3-5-14)21-16-8-10-18(23,11-9-16)15-12-19-20-13-15/h1-5,12-13,16,23H,6-11H2,(H,19,20)(H,21,22). The van der Waals surface area contributed by atoms with Crippen molar-refractivity contribution in [1.82, 2.24) is 15.5 Å². The molecule has 2 aromatic rings. The lowest BCUT2D eigenvalue weighted by molar-refractivity contribution is -0.122. The first-order valence-corrected chi connectivity index (χ1v) is 8.21. The maximum Gasteiger partial charge on any atom is 0.220 e. The number of nitrogens with one attached hydrogen (secondary N) is 2. The van der Waals surface area contributed by atoms with Crippen LogP contribution in [0.3, 0.4) is 0 Å². The van der Waals surface area contributed by atoms with Crippen molar-refractivity contribution in [1.29, 1.82) is 0 Å². The predicted molar refractivity (Wildman–Crippen MR) is 87.6 cm³/mol. The summed E-state index contributed by atoms with van der Waals surface area (Å²) in [5, 5.41) is 20.4. The third kappa shape index (κ3) is 3.99. The molecular weight excluding hydrogens is 290 g/mol. The Bertz CT molecular complexity index is 617. The lowest BCUT2D eigenvalue weighted by Gasteiger charge is -2.35. The number of nitrogens with zero attached hydrogens (tertiary/aromatic N) is 1. The number of benzene rings is 1. The predicted octanol–water partition coefficient (Wildman–Crippen LogP) is 2.29. The van der Waals surface area contributed by atoms with E-state index >= 15 is 0 Å². The van der Waals surface area contributed by atoms with Crippen LogP contribution in [0.5, 0.6) is 0 Å². The van der Waals surface area contributed by atoms with Crippen LogP contribution in [0.1, 0.15) is 43.2 Å². The van der Waals surface area contributed by atoms with E-state index in [1.807, 2.05) is 30.3 Å². The molecule has 1 aliphatic carbocycles. The molecule has 23 heavy (non-hydrogen) atoms. The van der Waals surface area contributed by atoms with Gasteiger partial charge in [0.05, 0.1) is 11.8 Å². The molecule has 0 saturated heterocycles. The summed E-state index contributed by atoms with van der Waals surface area (Å²) in [4.78, 5) is 12.1. The fraction of sp³-hybridized carbons (Fsp3) is 0.444. The zero-order chi connectivity index (χ0) is 16.1. The van der Waals surface area contributed by atoms with Gasteiger partial charge in [-0.05, 0) is 37.7 Å². The van der Waals surface area contributed by atoms with Crippen molar-refractivity contribution in [2.75, 3.05) is 0 Å². The summed E-state index contributed by atoms with van der Waals surface area (Å²) in [6.07, 6.45) is 7.58. The maximum absolute atomic E-state index is 12.1. The molecule has 0 radical (unpaired) electrons. The largest absolute Gasteiger partial charge is 0.385 e. The van der Waals surface area contributed by atoms with Crippen molar-refractivity contribution in [2.24, 2.45) is 0 Å². The molecule has 5 heteroatoms. The topological polar surface area (TPSA) is 78.0 Å². The van der Waals surface area contributed by atoms with E-state index in [2.05, 4.69) is 15.5 Å². The molecule has 5 nitrogen and oxygen atoms in total. The summed E-state index contributed by atoms with van der Waals surface area (Å²) >= 11 is 0. The number of aromatic amines is 1. The van der Waals surface area contributed by atoms with Gasteiger partial charge in [0.1, 0.15) is 0 Å². The van der Waals surface area contributed by atoms with Crippen molar-refractivity contribution in [2.45, 2.75) is 50.2 Å². The zero-order valence-corrected chi connectivity index (χ0v) is 13.2. The van der Waals surface area contributed by atoms with E-state index in [-0.39, 0.29) is 11.9 Å². The third-order valence-electron chi connectivity index (χ3n) is 4.70. The van der Waals surface area contributed by atoms with Crippen LogP contribution in [-0.4, -0.2) is 27.3 Å². The molecular formula is C18H23N3O2. The molecule has 1 aliphatic rings. The number of aryl methyl sites for hydroxylation is 1. The lowest BCUT2D eigenvalue weighted by Crippen LogP contribution is -2.42. The summed E-state index contributed by atoms with van der Waals surface area (Å²) in [5.41, 5.74) is 1.21. The third-order valence-corrected chi connectivity index (χ3v) is 4.70. The van der Waals surface area contributed by atoms with E-state index in [1.54, 1.807) is 12.4 Å². The Hall–Kier alpha value is -2.14. The van der Waals surface area contributed by atoms with E-state index in [1.165, 1.54) is 5.56 Å². The molecule has 1 amide bonds. The number of aromatic nitrogens is 2. The smallest absolute Gasteiger partial charge is 0.220 e. The van der Waals surface area contributed by atoms with Crippen molar-refractivity contribution in [3.63, 3.8) is 0 Å². The van der Waals surface area contributed by atoms with Crippen LogP contribution >= 0.6 is 0 Å². The first-order chi connectivity index (χ1) is 11.2. The first-order valence-electron chi connectivity index (χ1n) is 8.21. The van der Waals surface area contributed by atoms with Gasteiger partial charge in [0.2, 0.25) is 5.91 Å². The molecule has 1 saturated carbocycles. The fourth-order valence-electron chi connectivity index (χ4n) is 3.24. The zero-order valence-electron chi connectivity index (χ0n) is 13.2. The van der Waals surface area contributed by atoms with Gasteiger partial charge in [-0.3, -0.25) is 9.89 Å². The van der Waals surface area contributed by atoms with E-state index in [0.29, 0.717) is 19.3 Å². The van der Waals surface area contributed by atoms with Gasteiger partial charge >= 0.3 is 0 Å². The van der Waals surface area contributed by atoms with Gasteiger partial charge < -0.3 is 10.4 Å². The lowest BCUT2D eigenvalue weighted by atomic mass is 9.79. The Morgan fingerprint density at radius 3 is 2.70 bits per heavy atom. The Kier molecular flexibility index (Phi) is 4.76. The van der Waals surface area contributed by atoms with Crippen LogP contribution in [-0.2, 0) is 16.8 Å². The number of carbonyl (C=O) groups excluding carboxylic acids is 1. The van der Waals surface area contributed by atoms with Gasteiger partial charge in [-0.15, -0.1) is 0 Å². The highest BCUT2D eigenvalue weighted by atomic mass is 16.3. The Balaban J connectivity index is 1.44. The van der Waals surface area contributed by atoms with Crippen molar-refractivity contribution < 1.29 is 9.90 Å². The molecule has 3 rings (SSSR count). The van der Waals surface area contributed by atoms with Crippen molar-refractivity contribution >= 4 is 5.91 Å². The minimum absolute atomic E-state index is 0.0904. The summed E-state index contributed by atoms with van der Waals surface area (Å²) in [6, 6.07) is 10.2. The van der Waals surface area contributed by atoms with Crippen LogP contribution in [0.25, 0.3) is 0 Å². The highest BCUT2D eigenvalue weighted by Gasteiger charge is 2.35. The molecule has 122 valence electrons. The van der Waals surface area contributed by atoms with Crippen LogP contribution < -0.4 is 5.32 Å². The molecule has 1 fully saturated rings. The second kappa shape index (κ2) is 6.96. The molecule has 0 aliphatic heterocycles. The number of rotatable bonds is 5. The van der Waals surface area contributed by atoms with E-state index in [4.69, 9.17) is 0 Å².